The summed E-state index contributed by atoms with van der Waals surface area (Å²) in [6.07, 6.45) is 5.30. The Hall–Kier alpha value is -1.00. The SMILES string of the molecule is c1nc(C2CCCO2)nc2c1CNCC2. The van der Waals surface area contributed by atoms with Gasteiger partial charge in [-0.2, -0.15) is 0 Å². The molecule has 0 spiro atoms. The monoisotopic (exact) mass is 205 g/mol. The Kier molecular flexibility index (Phi) is 2.38. The summed E-state index contributed by atoms with van der Waals surface area (Å²) in [4.78, 5) is 9.02. The third kappa shape index (κ3) is 1.75. The molecule has 80 valence electrons. The Bertz CT molecular complexity index is 361. The molecule has 4 nitrogen and oxygen atoms in total. The maximum absolute atomic E-state index is 5.59. The van der Waals surface area contributed by atoms with Gasteiger partial charge in [-0.15, -0.1) is 0 Å². The number of ether oxygens (including phenoxy) is 1. The normalized spacial score (nSPS) is 25.2. The molecule has 2 aliphatic rings. The number of fused-ring (bicyclic) bond motifs is 1. The first-order chi connectivity index (χ1) is 7.43. The molecule has 0 bridgehead atoms. The van der Waals surface area contributed by atoms with Crippen molar-refractivity contribution in [2.75, 3.05) is 13.2 Å². The van der Waals surface area contributed by atoms with Crippen molar-refractivity contribution < 1.29 is 4.74 Å². The molecular weight excluding hydrogens is 190 g/mol. The summed E-state index contributed by atoms with van der Waals surface area (Å²) in [5.41, 5.74) is 2.44. The van der Waals surface area contributed by atoms with Gasteiger partial charge in [-0.25, -0.2) is 9.97 Å². The third-order valence-electron chi connectivity index (χ3n) is 3.04. The first-order valence-corrected chi connectivity index (χ1v) is 5.60. The second-order valence-electron chi connectivity index (χ2n) is 4.13. The summed E-state index contributed by atoms with van der Waals surface area (Å²) in [7, 11) is 0. The topological polar surface area (TPSA) is 47.0 Å². The van der Waals surface area contributed by atoms with E-state index in [1.54, 1.807) is 0 Å². The Labute approximate surface area is 89.1 Å². The van der Waals surface area contributed by atoms with Crippen LogP contribution in [0.2, 0.25) is 0 Å². The van der Waals surface area contributed by atoms with Crippen LogP contribution in [0.25, 0.3) is 0 Å². The number of nitrogens with zero attached hydrogens (tertiary/aromatic N) is 2. The van der Waals surface area contributed by atoms with Gasteiger partial charge in [0.2, 0.25) is 0 Å². The molecule has 3 rings (SSSR count). The minimum absolute atomic E-state index is 0.144. The predicted molar refractivity (Wildman–Crippen MR) is 55.4 cm³/mol. The van der Waals surface area contributed by atoms with Crippen molar-refractivity contribution in [2.45, 2.75) is 31.9 Å². The molecule has 1 aromatic heterocycles. The number of hydrogen-bond donors (Lipinski definition) is 1. The van der Waals surface area contributed by atoms with Gasteiger partial charge in [0.05, 0.1) is 0 Å². The van der Waals surface area contributed by atoms with Crippen LogP contribution in [0.5, 0.6) is 0 Å². The molecule has 0 aliphatic carbocycles. The highest BCUT2D eigenvalue weighted by atomic mass is 16.5. The zero-order valence-corrected chi connectivity index (χ0v) is 8.70. The van der Waals surface area contributed by atoms with Crippen molar-refractivity contribution >= 4 is 0 Å². The van der Waals surface area contributed by atoms with Crippen LogP contribution in [0.1, 0.15) is 36.0 Å². The molecule has 1 aromatic rings. The van der Waals surface area contributed by atoms with E-state index in [2.05, 4.69) is 15.3 Å². The molecule has 1 N–H and O–H groups in total. The fourth-order valence-electron chi connectivity index (χ4n) is 2.19. The first-order valence-electron chi connectivity index (χ1n) is 5.60. The Morgan fingerprint density at radius 3 is 3.33 bits per heavy atom. The molecule has 0 amide bonds. The van der Waals surface area contributed by atoms with Crippen molar-refractivity contribution in [3.05, 3.63) is 23.3 Å². The Morgan fingerprint density at radius 2 is 2.47 bits per heavy atom. The van der Waals surface area contributed by atoms with Gasteiger partial charge in [0, 0.05) is 43.6 Å². The van der Waals surface area contributed by atoms with Gasteiger partial charge in [-0.3, -0.25) is 0 Å². The Morgan fingerprint density at radius 1 is 1.47 bits per heavy atom. The van der Waals surface area contributed by atoms with E-state index >= 15 is 0 Å². The van der Waals surface area contributed by atoms with Gasteiger partial charge in [-0.05, 0) is 12.8 Å². The van der Waals surface area contributed by atoms with Gasteiger partial charge in [0.15, 0.2) is 5.82 Å². The molecule has 2 aliphatic heterocycles. The minimum atomic E-state index is 0.144. The van der Waals surface area contributed by atoms with Gasteiger partial charge in [-0.1, -0.05) is 0 Å². The van der Waals surface area contributed by atoms with E-state index in [1.165, 1.54) is 11.3 Å². The summed E-state index contributed by atoms with van der Waals surface area (Å²) in [5.74, 6) is 0.883. The molecule has 1 saturated heterocycles. The number of aromatic nitrogens is 2. The first kappa shape index (κ1) is 9.24. The summed E-state index contributed by atoms with van der Waals surface area (Å²) in [6.45, 7) is 2.78. The lowest BCUT2D eigenvalue weighted by molar-refractivity contribution is 0.104. The van der Waals surface area contributed by atoms with Crippen LogP contribution in [-0.2, 0) is 17.7 Å². The second-order valence-corrected chi connectivity index (χ2v) is 4.13. The summed E-state index contributed by atoms with van der Waals surface area (Å²) in [6, 6.07) is 0. The molecule has 15 heavy (non-hydrogen) atoms. The van der Waals surface area contributed by atoms with E-state index in [-0.39, 0.29) is 6.10 Å². The zero-order chi connectivity index (χ0) is 10.1. The quantitative estimate of drug-likeness (QED) is 0.742. The number of nitrogens with one attached hydrogen (secondary N) is 1. The van der Waals surface area contributed by atoms with Crippen LogP contribution < -0.4 is 5.32 Å². The van der Waals surface area contributed by atoms with Gasteiger partial charge in [0.25, 0.3) is 0 Å². The van der Waals surface area contributed by atoms with E-state index in [0.717, 1.165) is 44.8 Å². The average molecular weight is 205 g/mol. The predicted octanol–water partition coefficient (Wildman–Crippen LogP) is 0.974. The molecular formula is C11H15N3O. The third-order valence-corrected chi connectivity index (χ3v) is 3.04. The smallest absolute Gasteiger partial charge is 0.157 e. The van der Waals surface area contributed by atoms with Gasteiger partial charge >= 0.3 is 0 Å². The molecule has 1 fully saturated rings. The van der Waals surface area contributed by atoms with Crippen LogP contribution in [0.4, 0.5) is 0 Å². The van der Waals surface area contributed by atoms with Crippen LogP contribution in [0, 0.1) is 0 Å². The lowest BCUT2D eigenvalue weighted by atomic mass is 10.1. The highest BCUT2D eigenvalue weighted by Gasteiger charge is 2.22. The van der Waals surface area contributed by atoms with Crippen LogP contribution in [-0.4, -0.2) is 23.1 Å². The van der Waals surface area contributed by atoms with E-state index in [0.29, 0.717) is 0 Å². The van der Waals surface area contributed by atoms with Crippen molar-refractivity contribution in [1.82, 2.24) is 15.3 Å². The van der Waals surface area contributed by atoms with E-state index in [4.69, 9.17) is 4.74 Å². The van der Waals surface area contributed by atoms with E-state index in [9.17, 15) is 0 Å². The summed E-state index contributed by atoms with van der Waals surface area (Å²) >= 11 is 0. The van der Waals surface area contributed by atoms with Crippen molar-refractivity contribution in [3.8, 4) is 0 Å². The highest BCUT2D eigenvalue weighted by Crippen LogP contribution is 2.26. The number of hydrogen-bond acceptors (Lipinski definition) is 4. The molecule has 3 heterocycles. The average Bonchev–Trinajstić information content (AvgIpc) is 2.82. The second kappa shape index (κ2) is 3.87. The highest BCUT2D eigenvalue weighted by molar-refractivity contribution is 5.20. The van der Waals surface area contributed by atoms with E-state index in [1.807, 2.05) is 6.20 Å². The molecule has 4 heteroatoms. The number of rotatable bonds is 1. The van der Waals surface area contributed by atoms with E-state index < -0.39 is 0 Å². The van der Waals surface area contributed by atoms with Crippen molar-refractivity contribution in [3.63, 3.8) is 0 Å². The zero-order valence-electron chi connectivity index (χ0n) is 8.70. The van der Waals surface area contributed by atoms with Crippen LogP contribution in [0.15, 0.2) is 6.20 Å². The largest absolute Gasteiger partial charge is 0.370 e. The van der Waals surface area contributed by atoms with Crippen molar-refractivity contribution in [2.24, 2.45) is 0 Å². The fraction of sp³-hybridized carbons (Fsp3) is 0.636. The molecule has 1 atom stereocenters. The maximum Gasteiger partial charge on any atom is 0.157 e. The van der Waals surface area contributed by atoms with Gasteiger partial charge in [0.1, 0.15) is 6.10 Å². The molecule has 1 unspecified atom stereocenters. The molecule has 0 saturated carbocycles. The lowest BCUT2D eigenvalue weighted by Gasteiger charge is -2.17. The minimum Gasteiger partial charge on any atom is -0.370 e. The molecule has 0 radical (unpaired) electrons. The lowest BCUT2D eigenvalue weighted by Crippen LogP contribution is -2.25. The van der Waals surface area contributed by atoms with Gasteiger partial charge < -0.3 is 10.1 Å². The van der Waals surface area contributed by atoms with Crippen LogP contribution in [0.3, 0.4) is 0 Å². The maximum atomic E-state index is 5.59. The fourth-order valence-corrected chi connectivity index (χ4v) is 2.19. The summed E-state index contributed by atoms with van der Waals surface area (Å²) < 4.78 is 5.59. The molecule has 0 aromatic carbocycles. The van der Waals surface area contributed by atoms with Crippen LogP contribution >= 0.6 is 0 Å². The Balaban J connectivity index is 1.89. The van der Waals surface area contributed by atoms with Crippen molar-refractivity contribution in [1.29, 1.82) is 0 Å². The standard InChI is InChI=1S/C11H15N3O/c1-2-10(15-5-1)11-13-7-8-6-12-4-3-9(8)14-11/h7,10,12H,1-6H2. The summed E-state index contributed by atoms with van der Waals surface area (Å²) in [5, 5.41) is 3.32.